The van der Waals surface area contributed by atoms with Gasteiger partial charge in [0.25, 0.3) is 0 Å². The number of hydrogen-bond donors (Lipinski definition) is 2. The molecule has 0 spiro atoms. The van der Waals surface area contributed by atoms with Crippen LogP contribution in [0, 0.1) is 11.7 Å². The maximum absolute atomic E-state index is 13.3. The molecule has 2 aliphatic rings. The van der Waals surface area contributed by atoms with Crippen LogP contribution in [0.5, 0.6) is 5.75 Å². The quantitative estimate of drug-likeness (QED) is 0.700. The number of rotatable bonds is 7. The summed E-state index contributed by atoms with van der Waals surface area (Å²) in [4.78, 5) is 21.7. The first-order valence-electron chi connectivity index (χ1n) is 10.2. The highest BCUT2D eigenvalue weighted by atomic mass is 35.5. The lowest BCUT2D eigenvalue weighted by molar-refractivity contribution is 0.0998. The highest BCUT2D eigenvalue weighted by molar-refractivity contribution is 6.30. The van der Waals surface area contributed by atoms with E-state index in [9.17, 15) is 9.18 Å². The predicted molar refractivity (Wildman–Crippen MR) is 114 cm³/mol. The first-order valence-corrected chi connectivity index (χ1v) is 10.5. The molecular formula is C22H24ClFN4O2. The average molecular weight is 431 g/mol. The molecule has 1 fully saturated rings. The molecule has 0 aliphatic carbocycles. The minimum atomic E-state index is -0.504. The second kappa shape index (κ2) is 9.64. The standard InChI is InChI=1S/C22H24ClFN4O2/c23-18-10-16(1-2-19(18)24)30-13-15-9-21(29)17-5-8-27-20(22(17)28-15)12-26-11-14-3-6-25-7-4-14/h1-2,5,8,10,14,25-26H,3-4,6-7,9,11-13H2. The molecule has 1 aromatic heterocycles. The summed E-state index contributed by atoms with van der Waals surface area (Å²) in [7, 11) is 0. The van der Waals surface area contributed by atoms with E-state index in [-0.39, 0.29) is 23.8 Å². The number of carbonyl (C=O) groups excluding carboxylic acids is 1. The molecule has 158 valence electrons. The first-order chi connectivity index (χ1) is 14.6. The molecule has 0 amide bonds. The molecular weight excluding hydrogens is 407 g/mol. The number of aromatic nitrogens is 1. The summed E-state index contributed by atoms with van der Waals surface area (Å²) in [6.45, 7) is 3.74. The van der Waals surface area contributed by atoms with E-state index in [2.05, 4.69) is 20.6 Å². The summed E-state index contributed by atoms with van der Waals surface area (Å²) in [5.41, 5.74) is 2.58. The molecule has 1 aromatic carbocycles. The van der Waals surface area contributed by atoms with Gasteiger partial charge in [0.05, 0.1) is 28.5 Å². The molecule has 0 radical (unpaired) electrons. The fourth-order valence-corrected chi connectivity index (χ4v) is 3.92. The van der Waals surface area contributed by atoms with Crippen LogP contribution in [-0.2, 0) is 6.54 Å². The third-order valence-corrected chi connectivity index (χ3v) is 5.71. The number of aliphatic imine (C=N–C) groups is 1. The molecule has 6 nitrogen and oxygen atoms in total. The average Bonchev–Trinajstić information content (AvgIpc) is 2.76. The fourth-order valence-electron chi connectivity index (χ4n) is 3.75. The van der Waals surface area contributed by atoms with Gasteiger partial charge in [0.2, 0.25) is 0 Å². The van der Waals surface area contributed by atoms with E-state index in [0.717, 1.165) is 25.3 Å². The van der Waals surface area contributed by atoms with Crippen LogP contribution in [0.1, 0.15) is 35.3 Å². The summed E-state index contributed by atoms with van der Waals surface area (Å²) in [6.07, 6.45) is 4.18. The van der Waals surface area contributed by atoms with Gasteiger partial charge in [-0.3, -0.25) is 14.8 Å². The topological polar surface area (TPSA) is 75.6 Å². The highest BCUT2D eigenvalue weighted by Gasteiger charge is 2.23. The number of ketones is 1. The van der Waals surface area contributed by atoms with Crippen LogP contribution in [0.2, 0.25) is 5.02 Å². The number of nitrogens with one attached hydrogen (secondary N) is 2. The van der Waals surface area contributed by atoms with Crippen LogP contribution in [-0.4, -0.2) is 42.7 Å². The van der Waals surface area contributed by atoms with Gasteiger partial charge in [-0.05, 0) is 56.6 Å². The number of Topliss-reactive ketones (excluding diaryl/α,β-unsaturated/α-hetero) is 1. The summed E-state index contributed by atoms with van der Waals surface area (Å²) in [5, 5.41) is 6.83. The number of nitrogens with zero attached hydrogens (tertiary/aromatic N) is 2. The van der Waals surface area contributed by atoms with Crippen molar-refractivity contribution in [2.45, 2.75) is 25.8 Å². The number of pyridine rings is 1. The molecule has 30 heavy (non-hydrogen) atoms. The van der Waals surface area contributed by atoms with Gasteiger partial charge in [-0.2, -0.15) is 0 Å². The Morgan fingerprint density at radius 1 is 1.27 bits per heavy atom. The van der Waals surface area contributed by atoms with Gasteiger partial charge in [-0.25, -0.2) is 4.39 Å². The molecule has 0 saturated carbocycles. The van der Waals surface area contributed by atoms with E-state index in [1.165, 1.54) is 31.0 Å². The third-order valence-electron chi connectivity index (χ3n) is 5.42. The van der Waals surface area contributed by atoms with Crippen molar-refractivity contribution in [2.75, 3.05) is 26.2 Å². The number of ether oxygens (including phenoxy) is 1. The van der Waals surface area contributed by atoms with Gasteiger partial charge in [0.1, 0.15) is 18.2 Å². The lowest BCUT2D eigenvalue weighted by atomic mass is 9.98. The Morgan fingerprint density at radius 3 is 2.90 bits per heavy atom. The Balaban J connectivity index is 1.43. The Labute approximate surface area is 179 Å². The zero-order chi connectivity index (χ0) is 20.9. The van der Waals surface area contributed by atoms with Crippen molar-refractivity contribution < 1.29 is 13.9 Å². The van der Waals surface area contributed by atoms with Gasteiger partial charge in [0.15, 0.2) is 5.78 Å². The van der Waals surface area contributed by atoms with E-state index in [0.29, 0.717) is 35.2 Å². The van der Waals surface area contributed by atoms with Gasteiger partial charge < -0.3 is 15.4 Å². The predicted octanol–water partition coefficient (Wildman–Crippen LogP) is 3.70. The van der Waals surface area contributed by atoms with Gasteiger partial charge >= 0.3 is 0 Å². The van der Waals surface area contributed by atoms with Crippen LogP contribution in [0.4, 0.5) is 10.1 Å². The Hall–Kier alpha value is -2.35. The second-order valence-corrected chi connectivity index (χ2v) is 8.03. The molecule has 2 aliphatic heterocycles. The zero-order valence-corrected chi connectivity index (χ0v) is 17.3. The molecule has 4 rings (SSSR count). The Bertz CT molecular complexity index is 960. The number of piperidine rings is 1. The van der Waals surface area contributed by atoms with E-state index in [4.69, 9.17) is 16.3 Å². The van der Waals surface area contributed by atoms with E-state index < -0.39 is 5.82 Å². The van der Waals surface area contributed by atoms with Gasteiger partial charge in [-0.1, -0.05) is 11.6 Å². The molecule has 0 unspecified atom stereocenters. The zero-order valence-electron chi connectivity index (χ0n) is 16.6. The van der Waals surface area contributed by atoms with Crippen molar-refractivity contribution >= 4 is 28.8 Å². The Morgan fingerprint density at radius 2 is 2.10 bits per heavy atom. The van der Waals surface area contributed by atoms with Gasteiger partial charge in [0, 0.05) is 24.4 Å². The molecule has 2 aromatic rings. The van der Waals surface area contributed by atoms with Crippen molar-refractivity contribution in [1.82, 2.24) is 15.6 Å². The molecule has 2 N–H and O–H groups in total. The van der Waals surface area contributed by atoms with E-state index in [1.54, 1.807) is 12.3 Å². The lowest BCUT2D eigenvalue weighted by Gasteiger charge is -2.23. The SMILES string of the molecule is O=C1CC(COc2ccc(F)c(Cl)c2)=Nc2c1ccnc2CNCC1CCNCC1. The molecule has 8 heteroatoms. The van der Waals surface area contributed by atoms with Crippen LogP contribution < -0.4 is 15.4 Å². The second-order valence-electron chi connectivity index (χ2n) is 7.62. The lowest BCUT2D eigenvalue weighted by Crippen LogP contribution is -2.33. The minimum Gasteiger partial charge on any atom is -0.488 e. The molecule has 0 bridgehead atoms. The minimum absolute atomic E-state index is 0.00209. The van der Waals surface area contributed by atoms with Crippen molar-refractivity contribution in [3.05, 3.63) is 52.6 Å². The number of carbonyl (C=O) groups is 1. The number of benzene rings is 1. The van der Waals surface area contributed by atoms with Crippen LogP contribution in [0.3, 0.4) is 0 Å². The number of hydrogen-bond acceptors (Lipinski definition) is 6. The fraction of sp³-hybridized carbons (Fsp3) is 0.409. The number of halogens is 2. The van der Waals surface area contributed by atoms with Crippen LogP contribution in [0.15, 0.2) is 35.5 Å². The van der Waals surface area contributed by atoms with Crippen molar-refractivity contribution in [3.8, 4) is 5.75 Å². The number of fused-ring (bicyclic) bond motifs is 1. The summed E-state index contributed by atoms with van der Waals surface area (Å²) in [5.74, 6) is 0.577. The van der Waals surface area contributed by atoms with Crippen molar-refractivity contribution in [3.63, 3.8) is 0 Å². The summed E-state index contributed by atoms with van der Waals surface area (Å²) >= 11 is 5.79. The molecule has 3 heterocycles. The largest absolute Gasteiger partial charge is 0.488 e. The van der Waals surface area contributed by atoms with Gasteiger partial charge in [-0.15, -0.1) is 0 Å². The van der Waals surface area contributed by atoms with Crippen LogP contribution >= 0.6 is 11.6 Å². The molecule has 1 saturated heterocycles. The maximum atomic E-state index is 13.3. The smallest absolute Gasteiger partial charge is 0.170 e. The van der Waals surface area contributed by atoms with Crippen molar-refractivity contribution in [2.24, 2.45) is 10.9 Å². The van der Waals surface area contributed by atoms with Crippen LogP contribution in [0.25, 0.3) is 0 Å². The van der Waals surface area contributed by atoms with Crippen molar-refractivity contribution in [1.29, 1.82) is 0 Å². The normalized spacial score (nSPS) is 16.9. The molecule has 0 atom stereocenters. The van der Waals surface area contributed by atoms with E-state index in [1.807, 2.05) is 0 Å². The highest BCUT2D eigenvalue weighted by Crippen LogP contribution is 2.29. The first kappa shape index (κ1) is 20.9. The van der Waals surface area contributed by atoms with E-state index >= 15 is 0 Å². The summed E-state index contributed by atoms with van der Waals surface area (Å²) < 4.78 is 19.0. The summed E-state index contributed by atoms with van der Waals surface area (Å²) in [6, 6.07) is 5.87. The third kappa shape index (κ3) is 5.03. The maximum Gasteiger partial charge on any atom is 0.170 e. The Kier molecular flexibility index (Phi) is 6.72. The monoisotopic (exact) mass is 430 g/mol.